The van der Waals surface area contributed by atoms with Gasteiger partial charge in [0.1, 0.15) is 5.82 Å². The number of anilines is 2. The molecule has 3 heterocycles. The molecular weight excluding hydrogens is 200 g/mol. The van der Waals surface area contributed by atoms with Crippen molar-refractivity contribution in [3.05, 3.63) is 6.20 Å². The molecule has 2 fully saturated rings. The van der Waals surface area contributed by atoms with Gasteiger partial charge in [-0.1, -0.05) is 0 Å². The lowest BCUT2D eigenvalue weighted by atomic mass is 10.1. The van der Waals surface area contributed by atoms with Gasteiger partial charge in [0.05, 0.1) is 6.20 Å². The largest absolute Gasteiger partial charge is 0.357 e. The van der Waals surface area contributed by atoms with Gasteiger partial charge in [-0.25, -0.2) is 4.98 Å². The molecule has 2 aliphatic rings. The Kier molecular flexibility index (Phi) is 2.72. The molecule has 16 heavy (non-hydrogen) atoms. The quantitative estimate of drug-likeness (QED) is 0.828. The smallest absolute Gasteiger partial charge is 0.204 e. The van der Waals surface area contributed by atoms with Crippen LogP contribution in [0.25, 0.3) is 0 Å². The van der Waals surface area contributed by atoms with E-state index < -0.39 is 0 Å². The monoisotopic (exact) mass is 220 g/mol. The molecule has 0 radical (unpaired) electrons. The van der Waals surface area contributed by atoms with Gasteiger partial charge in [0, 0.05) is 26.2 Å². The van der Waals surface area contributed by atoms with Gasteiger partial charge < -0.3 is 14.8 Å². The number of nitrogens with zero attached hydrogens (tertiary/aromatic N) is 3. The summed E-state index contributed by atoms with van der Waals surface area (Å²) in [6, 6.07) is 0. The zero-order valence-corrected chi connectivity index (χ0v) is 9.78. The lowest BCUT2D eigenvalue weighted by Crippen LogP contribution is -2.29. The van der Waals surface area contributed by atoms with Gasteiger partial charge in [0.25, 0.3) is 0 Å². The average molecular weight is 220 g/mol. The van der Waals surface area contributed by atoms with Crippen LogP contribution >= 0.6 is 0 Å². The van der Waals surface area contributed by atoms with E-state index in [1.807, 2.05) is 6.20 Å². The first kappa shape index (κ1) is 10.00. The number of hydrogen-bond donors (Lipinski definition) is 1. The van der Waals surface area contributed by atoms with Crippen LogP contribution in [0.15, 0.2) is 6.20 Å². The fraction of sp³-hybridized carbons (Fsp3) is 0.750. The third-order valence-corrected chi connectivity index (χ3v) is 3.65. The van der Waals surface area contributed by atoms with Crippen LogP contribution in [0.4, 0.5) is 11.8 Å². The van der Waals surface area contributed by atoms with Gasteiger partial charge in [0.15, 0.2) is 0 Å². The van der Waals surface area contributed by atoms with E-state index in [9.17, 15) is 0 Å². The Morgan fingerprint density at radius 3 is 2.25 bits per heavy atom. The molecule has 0 spiro atoms. The number of aromatic amines is 1. The lowest BCUT2D eigenvalue weighted by molar-refractivity contribution is 0.574. The van der Waals surface area contributed by atoms with Crippen molar-refractivity contribution in [3.63, 3.8) is 0 Å². The number of H-pyrrole nitrogens is 1. The van der Waals surface area contributed by atoms with E-state index in [1.165, 1.54) is 51.0 Å². The van der Waals surface area contributed by atoms with Crippen LogP contribution in [-0.4, -0.2) is 36.1 Å². The highest BCUT2D eigenvalue weighted by atomic mass is 15.3. The zero-order chi connectivity index (χ0) is 10.8. The first-order valence-electron chi connectivity index (χ1n) is 6.48. The summed E-state index contributed by atoms with van der Waals surface area (Å²) in [6.07, 6.45) is 8.62. The number of piperidine rings is 1. The molecule has 4 heteroatoms. The summed E-state index contributed by atoms with van der Waals surface area (Å²) in [5, 5.41) is 0. The molecule has 0 atom stereocenters. The van der Waals surface area contributed by atoms with Crippen LogP contribution in [-0.2, 0) is 0 Å². The van der Waals surface area contributed by atoms with Crippen LogP contribution in [0.2, 0.25) is 0 Å². The van der Waals surface area contributed by atoms with Gasteiger partial charge in [-0.3, -0.25) is 0 Å². The molecule has 0 aliphatic carbocycles. The van der Waals surface area contributed by atoms with E-state index in [2.05, 4.69) is 19.8 Å². The Hall–Kier alpha value is -1.19. The fourth-order valence-electron chi connectivity index (χ4n) is 2.69. The molecule has 88 valence electrons. The first-order valence-corrected chi connectivity index (χ1v) is 6.48. The maximum Gasteiger partial charge on any atom is 0.204 e. The molecule has 3 rings (SSSR count). The van der Waals surface area contributed by atoms with E-state index in [4.69, 9.17) is 0 Å². The van der Waals surface area contributed by atoms with Crippen LogP contribution in [0.5, 0.6) is 0 Å². The van der Waals surface area contributed by atoms with Crippen molar-refractivity contribution in [1.29, 1.82) is 0 Å². The number of imidazole rings is 1. The minimum atomic E-state index is 1.07. The predicted molar refractivity (Wildman–Crippen MR) is 66.1 cm³/mol. The normalized spacial score (nSPS) is 21.8. The van der Waals surface area contributed by atoms with Crippen molar-refractivity contribution in [2.45, 2.75) is 32.1 Å². The zero-order valence-electron chi connectivity index (χ0n) is 9.78. The molecule has 4 nitrogen and oxygen atoms in total. The summed E-state index contributed by atoms with van der Waals surface area (Å²) in [5.74, 6) is 2.28. The molecule has 2 saturated heterocycles. The Balaban J connectivity index is 1.71. The molecule has 2 aliphatic heterocycles. The summed E-state index contributed by atoms with van der Waals surface area (Å²) in [4.78, 5) is 12.7. The van der Waals surface area contributed by atoms with Crippen molar-refractivity contribution >= 4 is 11.8 Å². The summed E-state index contributed by atoms with van der Waals surface area (Å²) < 4.78 is 0. The van der Waals surface area contributed by atoms with Crippen molar-refractivity contribution in [3.8, 4) is 0 Å². The van der Waals surface area contributed by atoms with E-state index in [1.54, 1.807) is 0 Å². The second-order valence-corrected chi connectivity index (χ2v) is 4.83. The molecule has 0 aromatic carbocycles. The number of rotatable bonds is 2. The van der Waals surface area contributed by atoms with Crippen LogP contribution in [0.1, 0.15) is 32.1 Å². The maximum atomic E-state index is 4.50. The summed E-state index contributed by atoms with van der Waals surface area (Å²) in [7, 11) is 0. The van der Waals surface area contributed by atoms with Crippen molar-refractivity contribution in [1.82, 2.24) is 9.97 Å². The SMILES string of the molecule is c1nc(N2CCCC2)[nH]c1N1CCCCC1. The maximum absolute atomic E-state index is 4.50. The number of nitrogens with one attached hydrogen (secondary N) is 1. The van der Waals surface area contributed by atoms with E-state index >= 15 is 0 Å². The second-order valence-electron chi connectivity index (χ2n) is 4.83. The Morgan fingerprint density at radius 1 is 0.875 bits per heavy atom. The molecule has 0 unspecified atom stereocenters. The molecular formula is C12H20N4. The van der Waals surface area contributed by atoms with Crippen molar-refractivity contribution < 1.29 is 0 Å². The lowest BCUT2D eigenvalue weighted by Gasteiger charge is -2.27. The van der Waals surface area contributed by atoms with Crippen molar-refractivity contribution in [2.24, 2.45) is 0 Å². The summed E-state index contributed by atoms with van der Waals surface area (Å²) >= 11 is 0. The van der Waals surface area contributed by atoms with Gasteiger partial charge >= 0.3 is 0 Å². The molecule has 0 amide bonds. The van der Waals surface area contributed by atoms with Gasteiger partial charge in [-0.15, -0.1) is 0 Å². The highest BCUT2D eigenvalue weighted by molar-refractivity contribution is 5.45. The molecule has 1 aromatic heterocycles. The van der Waals surface area contributed by atoms with Crippen LogP contribution in [0.3, 0.4) is 0 Å². The molecule has 1 N–H and O–H groups in total. The Bertz CT molecular complexity index is 335. The van der Waals surface area contributed by atoms with Crippen molar-refractivity contribution in [2.75, 3.05) is 36.0 Å². The van der Waals surface area contributed by atoms with Gasteiger partial charge in [0.2, 0.25) is 5.95 Å². The topological polar surface area (TPSA) is 35.2 Å². The summed E-state index contributed by atoms with van der Waals surface area (Å²) in [5.41, 5.74) is 0. The third kappa shape index (κ3) is 1.88. The average Bonchev–Trinajstić information content (AvgIpc) is 3.01. The fourth-order valence-corrected chi connectivity index (χ4v) is 2.69. The van der Waals surface area contributed by atoms with Gasteiger partial charge in [-0.05, 0) is 32.1 Å². The van der Waals surface area contributed by atoms with E-state index in [0.717, 1.165) is 19.0 Å². The molecule has 0 saturated carbocycles. The van der Waals surface area contributed by atoms with E-state index in [-0.39, 0.29) is 0 Å². The van der Waals surface area contributed by atoms with E-state index in [0.29, 0.717) is 0 Å². The molecule has 1 aromatic rings. The summed E-state index contributed by atoms with van der Waals surface area (Å²) in [6.45, 7) is 4.68. The highest BCUT2D eigenvalue weighted by Crippen LogP contribution is 2.22. The standard InChI is InChI=1S/C12H20N4/c1-2-6-15(7-3-1)11-10-13-12(14-11)16-8-4-5-9-16/h10H,1-9H2,(H,13,14). The number of hydrogen-bond acceptors (Lipinski definition) is 3. The first-order chi connectivity index (χ1) is 7.93. The van der Waals surface area contributed by atoms with Crippen LogP contribution < -0.4 is 9.80 Å². The third-order valence-electron chi connectivity index (χ3n) is 3.65. The second kappa shape index (κ2) is 4.36. The van der Waals surface area contributed by atoms with Gasteiger partial charge in [-0.2, -0.15) is 0 Å². The predicted octanol–water partition coefficient (Wildman–Crippen LogP) is 2.00. The Labute approximate surface area is 96.7 Å². The number of aromatic nitrogens is 2. The molecule has 0 bridgehead atoms. The minimum absolute atomic E-state index is 1.07. The minimum Gasteiger partial charge on any atom is -0.357 e. The Morgan fingerprint density at radius 2 is 1.50 bits per heavy atom. The van der Waals surface area contributed by atoms with Crippen LogP contribution in [0, 0.1) is 0 Å². The highest BCUT2D eigenvalue weighted by Gasteiger charge is 2.17.